The first kappa shape index (κ1) is 11.1. The van der Waals surface area contributed by atoms with Gasteiger partial charge in [-0.25, -0.2) is 0 Å². The van der Waals surface area contributed by atoms with Crippen molar-refractivity contribution in [1.29, 1.82) is 0 Å². The van der Waals surface area contributed by atoms with E-state index >= 15 is 0 Å². The van der Waals surface area contributed by atoms with Crippen LogP contribution in [0.15, 0.2) is 0 Å². The molecule has 0 amide bonds. The second-order valence-electron chi connectivity index (χ2n) is 0.680. The maximum absolute atomic E-state index is 10.6. The van der Waals surface area contributed by atoms with Gasteiger partial charge in [-0.3, -0.25) is 0 Å². The van der Waals surface area contributed by atoms with Crippen molar-refractivity contribution < 1.29 is 38.1 Å². The molecule has 0 fully saturated rings. The molecule has 7 heteroatoms. The van der Waals surface area contributed by atoms with Crippen LogP contribution in [0.25, 0.3) is 0 Å². The Balaban J connectivity index is 0. The molecule has 0 radical (unpaired) electrons. The Bertz CT molecular complexity index is 118. The van der Waals surface area contributed by atoms with Crippen LogP contribution < -0.4 is 0 Å². The predicted molar refractivity (Wildman–Crippen MR) is 14.8 cm³/mol. The normalized spacial score (nSPS) is 11.0. The Hall–Kier alpha value is 0.234. The van der Waals surface area contributed by atoms with Crippen LogP contribution >= 0.6 is 0 Å². The summed E-state index contributed by atoms with van der Waals surface area (Å²) in [7, 11) is -3.93. The molecule has 0 N–H and O–H groups in total. The number of hydrogen-bond donors (Lipinski definition) is 0. The molecule has 2 nitrogen and oxygen atoms in total. The van der Waals surface area contributed by atoms with Crippen LogP contribution in [-0.4, -0.2) is 5.51 Å². The standard InChI is InChI=1S/CF3O2S.Ni/c2-1(3,4)7(5)6;/q-1;. The van der Waals surface area contributed by atoms with E-state index in [-0.39, 0.29) is 16.5 Å². The zero-order chi connectivity index (χ0) is 6.08. The molecule has 0 saturated carbocycles. The van der Waals surface area contributed by atoms with E-state index in [2.05, 4.69) is 0 Å². The van der Waals surface area contributed by atoms with Gasteiger partial charge >= 0.3 is 5.51 Å². The minimum atomic E-state index is -5.08. The quantitative estimate of drug-likeness (QED) is 0.420. The summed E-state index contributed by atoms with van der Waals surface area (Å²) >= 11 is 0. The minimum Gasteiger partial charge on any atom is -0.416 e. The minimum absolute atomic E-state index is 0. The molecule has 0 atom stereocenters. The summed E-state index contributed by atoms with van der Waals surface area (Å²) in [6, 6.07) is 0. The van der Waals surface area contributed by atoms with E-state index in [0.29, 0.717) is 0 Å². The van der Waals surface area contributed by atoms with Crippen molar-refractivity contribution in [2.45, 2.75) is 5.51 Å². The van der Waals surface area contributed by atoms with Crippen LogP contribution in [0.3, 0.4) is 0 Å². The third kappa shape index (κ3) is 4.39. The maximum Gasteiger partial charge on any atom is 0.373 e. The van der Waals surface area contributed by atoms with Crippen molar-refractivity contribution in [2.24, 2.45) is 0 Å². The third-order valence-corrected chi connectivity index (χ3v) is 0.567. The van der Waals surface area contributed by atoms with Gasteiger partial charge in [-0.2, -0.15) is 13.2 Å². The second kappa shape index (κ2) is 3.30. The summed E-state index contributed by atoms with van der Waals surface area (Å²) in [4.78, 5) is 0. The van der Waals surface area contributed by atoms with Crippen LogP contribution in [0.1, 0.15) is 0 Å². The Morgan fingerprint density at radius 1 is 1.12 bits per heavy atom. The van der Waals surface area contributed by atoms with Crippen LogP contribution in [0.5, 0.6) is 0 Å². The van der Waals surface area contributed by atoms with Gasteiger partial charge in [0.05, 0.1) is 0 Å². The zero-order valence-corrected chi connectivity index (χ0v) is 4.98. The summed E-state index contributed by atoms with van der Waals surface area (Å²) in [6.07, 6.45) is 0. The molecule has 0 bridgehead atoms. The average molecular weight is 192 g/mol. The molecule has 0 aliphatic heterocycles. The molecule has 0 aliphatic rings. The molecule has 54 valence electrons. The van der Waals surface area contributed by atoms with Crippen molar-refractivity contribution in [1.82, 2.24) is 0 Å². The molecule has 0 saturated heterocycles. The predicted octanol–water partition coefficient (Wildman–Crippen LogP) is 0.813. The van der Waals surface area contributed by atoms with Gasteiger partial charge < -0.3 is 8.42 Å². The number of alkyl halides is 3. The van der Waals surface area contributed by atoms with Gasteiger partial charge in [0.15, 0.2) is 0 Å². The van der Waals surface area contributed by atoms with Crippen molar-refractivity contribution in [2.75, 3.05) is 0 Å². The molecule has 0 aromatic carbocycles. The SMILES string of the molecule is O=[S-](=O)C(F)(F)F.[Ni]. The molecular weight excluding hydrogens is 192 g/mol. The van der Waals surface area contributed by atoms with Crippen LogP contribution in [0.4, 0.5) is 13.2 Å². The molecule has 0 unspecified atom stereocenters. The zero-order valence-electron chi connectivity index (χ0n) is 3.17. The first-order valence-electron chi connectivity index (χ1n) is 1.10. The van der Waals surface area contributed by atoms with Crippen molar-refractivity contribution in [3.05, 3.63) is 0 Å². The fourth-order valence-electron chi connectivity index (χ4n) is 0. The van der Waals surface area contributed by atoms with E-state index in [9.17, 15) is 13.2 Å². The Labute approximate surface area is 54.9 Å². The largest absolute Gasteiger partial charge is 0.416 e. The Morgan fingerprint density at radius 3 is 1.25 bits per heavy atom. The van der Waals surface area contributed by atoms with Gasteiger partial charge in [-0.1, -0.05) is 0 Å². The molecule has 0 aromatic rings. The summed E-state index contributed by atoms with van der Waals surface area (Å²) in [5.41, 5.74) is -5.08. The third-order valence-electron chi connectivity index (χ3n) is 0.189. The topological polar surface area (TPSA) is 34.1 Å². The number of halogens is 3. The Kier molecular flexibility index (Phi) is 4.57. The summed E-state index contributed by atoms with van der Waals surface area (Å²) < 4.78 is 49.5. The van der Waals surface area contributed by atoms with E-state index in [0.717, 1.165) is 0 Å². The van der Waals surface area contributed by atoms with Crippen molar-refractivity contribution in [3.63, 3.8) is 0 Å². The first-order chi connectivity index (χ1) is 2.94. The molecule has 0 aliphatic carbocycles. The number of hydrogen-bond acceptors (Lipinski definition) is 3. The van der Waals surface area contributed by atoms with Gasteiger partial charge in [-0.15, -0.1) is 0 Å². The van der Waals surface area contributed by atoms with E-state index in [1.165, 1.54) is 0 Å². The monoisotopic (exact) mass is 191 g/mol. The van der Waals surface area contributed by atoms with Gasteiger partial charge in [0.1, 0.15) is 0 Å². The number of rotatable bonds is 0. The first-order valence-corrected chi connectivity index (χ1v) is 2.18. The van der Waals surface area contributed by atoms with Gasteiger partial charge in [0.25, 0.3) is 0 Å². The second-order valence-corrected chi connectivity index (χ2v) is 1.61. The average Bonchev–Trinajstić information content (AvgIpc) is 1.31. The molecule has 0 spiro atoms. The van der Waals surface area contributed by atoms with Gasteiger partial charge in [0, 0.05) is 27.2 Å². The van der Waals surface area contributed by atoms with Gasteiger partial charge in [0.2, 0.25) is 0 Å². The summed E-state index contributed by atoms with van der Waals surface area (Å²) in [5, 5.41) is 0. The van der Waals surface area contributed by atoms with Crippen LogP contribution in [0.2, 0.25) is 0 Å². The summed E-state index contributed by atoms with van der Waals surface area (Å²) in [6.45, 7) is 0. The molecule has 8 heavy (non-hydrogen) atoms. The fourth-order valence-corrected chi connectivity index (χ4v) is 0. The fraction of sp³-hybridized carbons (Fsp3) is 1.00. The van der Waals surface area contributed by atoms with E-state index < -0.39 is 16.2 Å². The van der Waals surface area contributed by atoms with Crippen molar-refractivity contribution in [3.8, 4) is 0 Å². The Morgan fingerprint density at radius 2 is 1.25 bits per heavy atom. The van der Waals surface area contributed by atoms with Crippen LogP contribution in [0, 0.1) is 0 Å². The van der Waals surface area contributed by atoms with E-state index in [4.69, 9.17) is 8.42 Å². The molecular formula is CF3NiO2S-. The molecule has 0 aromatic heterocycles. The van der Waals surface area contributed by atoms with E-state index in [1.807, 2.05) is 0 Å². The molecule has 0 rings (SSSR count). The van der Waals surface area contributed by atoms with Crippen LogP contribution in [-0.2, 0) is 35.6 Å². The van der Waals surface area contributed by atoms with Gasteiger partial charge in [-0.05, 0) is 0 Å². The summed E-state index contributed by atoms with van der Waals surface area (Å²) in [5.74, 6) is 0. The van der Waals surface area contributed by atoms with Crippen molar-refractivity contribution >= 4 is 10.7 Å². The van der Waals surface area contributed by atoms with E-state index in [1.54, 1.807) is 0 Å². The molecule has 0 heterocycles. The maximum atomic E-state index is 10.6. The smallest absolute Gasteiger partial charge is 0.373 e.